The van der Waals surface area contributed by atoms with Crippen LogP contribution in [-0.2, 0) is 39.3 Å². The number of benzene rings is 3. The van der Waals surface area contributed by atoms with Crippen LogP contribution in [0.1, 0.15) is 43.9 Å². The van der Waals surface area contributed by atoms with Gasteiger partial charge in [0.25, 0.3) is 0 Å². The number of hydrogen-bond donors (Lipinski definition) is 3. The van der Waals surface area contributed by atoms with Crippen LogP contribution in [0.3, 0.4) is 0 Å². The van der Waals surface area contributed by atoms with Crippen molar-refractivity contribution in [1.82, 2.24) is 0 Å². The molecular formula is C47H60O12. The minimum absolute atomic E-state index is 0.121. The highest BCUT2D eigenvalue weighted by atomic mass is 16.6. The van der Waals surface area contributed by atoms with E-state index in [1.807, 2.05) is 36.4 Å². The number of epoxide rings is 3. The number of aliphatic hydroxyl groups is 3. The first kappa shape index (κ1) is 43.3. The van der Waals surface area contributed by atoms with Crippen molar-refractivity contribution in [3.05, 3.63) is 113 Å². The summed E-state index contributed by atoms with van der Waals surface area (Å²) in [4.78, 5) is 0. The number of rotatable bonds is 26. The van der Waals surface area contributed by atoms with Gasteiger partial charge in [-0.15, -0.1) is 0 Å². The van der Waals surface area contributed by atoms with Gasteiger partial charge in [-0.2, -0.15) is 0 Å². The van der Waals surface area contributed by atoms with Gasteiger partial charge in [0.05, 0.1) is 59.5 Å². The van der Waals surface area contributed by atoms with Crippen LogP contribution in [-0.4, -0.2) is 131 Å². The van der Waals surface area contributed by atoms with Crippen molar-refractivity contribution in [2.75, 3.05) is 79.3 Å². The molecule has 0 spiro atoms. The molecule has 12 nitrogen and oxygen atoms in total. The van der Waals surface area contributed by atoms with E-state index < -0.39 is 23.7 Å². The van der Waals surface area contributed by atoms with Gasteiger partial charge < -0.3 is 58.0 Å². The first-order chi connectivity index (χ1) is 28.6. The molecule has 12 heteroatoms. The van der Waals surface area contributed by atoms with Crippen LogP contribution in [0, 0.1) is 5.92 Å². The molecule has 3 aromatic rings. The fraction of sp³-hybridized carbons (Fsp3) is 0.532. The Balaban J connectivity index is 1.00. The predicted octanol–water partition coefficient (Wildman–Crippen LogP) is 4.94. The molecule has 3 aliphatic heterocycles. The molecule has 59 heavy (non-hydrogen) atoms. The van der Waals surface area contributed by atoms with Gasteiger partial charge in [-0.25, -0.2) is 0 Å². The predicted molar refractivity (Wildman–Crippen MR) is 220 cm³/mol. The van der Waals surface area contributed by atoms with Crippen molar-refractivity contribution in [2.24, 2.45) is 5.92 Å². The van der Waals surface area contributed by atoms with Crippen molar-refractivity contribution in [2.45, 2.75) is 74.6 Å². The first-order valence-corrected chi connectivity index (χ1v) is 20.8. The lowest BCUT2D eigenvalue weighted by atomic mass is 9.65. The Morgan fingerprint density at radius 2 is 0.898 bits per heavy atom. The standard InChI is InChI=1S/C47H60O12/c1-46(2,33-8-14-40(15-9-33)54-23-37(48)20-51-26-43-29-57-43)32-4-6-34(7-5-32)47(3,35-10-16-41(17-11-35)55-24-38(49)21-52-27-44-30-58-44)36-12-18-42(19-13-36)56-25-39(50)22-53-28-45-31-59-45/h4,6-19,32,37-39,43-45,48-50H,5,20-31H2,1-3H3. The number of allylic oxidation sites excluding steroid dienone is 4. The van der Waals surface area contributed by atoms with Crippen molar-refractivity contribution in [3.63, 3.8) is 0 Å². The molecule has 4 aliphatic rings. The Morgan fingerprint density at radius 3 is 1.22 bits per heavy atom. The molecule has 7 rings (SSSR count). The first-order valence-electron chi connectivity index (χ1n) is 20.8. The van der Waals surface area contributed by atoms with Crippen LogP contribution in [0.5, 0.6) is 17.2 Å². The molecule has 0 aromatic heterocycles. The summed E-state index contributed by atoms with van der Waals surface area (Å²) in [7, 11) is 0. The molecule has 7 unspecified atom stereocenters. The zero-order chi connectivity index (χ0) is 41.2. The molecule has 0 radical (unpaired) electrons. The SMILES string of the molecule is CC(C1=CCC(C(C)(C)c2ccc(OCC(O)COCC3CO3)cc2)C=C1)(c1ccc(OCC(O)COCC2CO2)cc1)c1ccc(OCC(O)COCC2CO2)cc1. The van der Waals surface area contributed by atoms with Gasteiger partial charge in [0.2, 0.25) is 0 Å². The Morgan fingerprint density at radius 1 is 0.542 bits per heavy atom. The minimum atomic E-state index is -0.747. The highest BCUT2D eigenvalue weighted by molar-refractivity contribution is 5.54. The Bertz CT molecular complexity index is 1720. The molecule has 320 valence electrons. The molecule has 0 amide bonds. The Hall–Kier alpha value is -3.82. The summed E-state index contributed by atoms with van der Waals surface area (Å²) in [6.45, 7) is 11.4. The maximum absolute atomic E-state index is 10.4. The molecule has 3 heterocycles. The summed E-state index contributed by atoms with van der Waals surface area (Å²) in [6, 6.07) is 24.3. The third-order valence-electron chi connectivity index (χ3n) is 11.4. The van der Waals surface area contributed by atoms with E-state index in [2.05, 4.69) is 75.4 Å². The normalized spacial score (nSPS) is 23.4. The Labute approximate surface area is 347 Å². The topological polar surface area (TPSA) is 154 Å². The van der Waals surface area contributed by atoms with Gasteiger partial charge in [-0.3, -0.25) is 0 Å². The second kappa shape index (κ2) is 20.2. The van der Waals surface area contributed by atoms with E-state index in [0.717, 1.165) is 24.2 Å². The zero-order valence-corrected chi connectivity index (χ0v) is 34.4. The van der Waals surface area contributed by atoms with E-state index in [0.29, 0.717) is 50.3 Å². The molecular weight excluding hydrogens is 757 g/mol. The second-order valence-electron chi connectivity index (χ2n) is 16.7. The summed E-state index contributed by atoms with van der Waals surface area (Å²) in [5, 5.41) is 31.0. The lowest BCUT2D eigenvalue weighted by Gasteiger charge is -2.38. The monoisotopic (exact) mass is 816 g/mol. The highest BCUT2D eigenvalue weighted by Crippen LogP contribution is 2.45. The van der Waals surface area contributed by atoms with Crippen molar-refractivity contribution in [1.29, 1.82) is 0 Å². The second-order valence-corrected chi connectivity index (χ2v) is 16.7. The molecule has 3 N–H and O–H groups in total. The van der Waals surface area contributed by atoms with Gasteiger partial charge in [-0.05, 0) is 83.3 Å². The lowest BCUT2D eigenvalue weighted by Crippen LogP contribution is -2.31. The van der Waals surface area contributed by atoms with Gasteiger partial charge in [0.1, 0.15) is 73.7 Å². The van der Waals surface area contributed by atoms with Crippen LogP contribution in [0.15, 0.2) is 96.6 Å². The lowest BCUT2D eigenvalue weighted by molar-refractivity contribution is 0.00758. The molecule has 3 saturated heterocycles. The van der Waals surface area contributed by atoms with E-state index in [9.17, 15) is 15.3 Å². The van der Waals surface area contributed by atoms with E-state index >= 15 is 0 Å². The third-order valence-corrected chi connectivity index (χ3v) is 11.4. The fourth-order valence-corrected chi connectivity index (χ4v) is 7.21. The maximum atomic E-state index is 10.4. The average molecular weight is 817 g/mol. The van der Waals surface area contributed by atoms with Crippen LogP contribution >= 0.6 is 0 Å². The highest BCUT2D eigenvalue weighted by Gasteiger charge is 2.36. The Kier molecular flexibility index (Phi) is 14.8. The van der Waals surface area contributed by atoms with E-state index in [1.54, 1.807) is 0 Å². The smallest absolute Gasteiger partial charge is 0.119 e. The van der Waals surface area contributed by atoms with Gasteiger partial charge >= 0.3 is 0 Å². The minimum Gasteiger partial charge on any atom is -0.491 e. The maximum Gasteiger partial charge on any atom is 0.119 e. The molecule has 0 saturated carbocycles. The third kappa shape index (κ3) is 12.6. The van der Waals surface area contributed by atoms with Crippen molar-refractivity contribution in [3.8, 4) is 17.2 Å². The fourth-order valence-electron chi connectivity index (χ4n) is 7.21. The van der Waals surface area contributed by atoms with Crippen LogP contribution in [0.2, 0.25) is 0 Å². The van der Waals surface area contributed by atoms with Crippen LogP contribution < -0.4 is 14.2 Å². The van der Waals surface area contributed by atoms with Crippen molar-refractivity contribution < 1.29 is 58.0 Å². The number of aliphatic hydroxyl groups excluding tert-OH is 3. The zero-order valence-electron chi connectivity index (χ0n) is 34.4. The molecule has 1 aliphatic carbocycles. The molecule has 3 aromatic carbocycles. The number of ether oxygens (including phenoxy) is 9. The number of hydrogen-bond acceptors (Lipinski definition) is 12. The van der Waals surface area contributed by atoms with E-state index in [-0.39, 0.29) is 69.3 Å². The summed E-state index contributed by atoms with van der Waals surface area (Å²) >= 11 is 0. The van der Waals surface area contributed by atoms with Gasteiger partial charge in [-0.1, -0.05) is 68.5 Å². The largest absolute Gasteiger partial charge is 0.491 e. The summed E-state index contributed by atoms with van der Waals surface area (Å²) in [6.07, 6.45) is 6.03. The van der Waals surface area contributed by atoms with E-state index in [4.69, 9.17) is 42.6 Å². The summed E-state index contributed by atoms with van der Waals surface area (Å²) < 4.78 is 49.7. The molecule has 0 bridgehead atoms. The summed E-state index contributed by atoms with van der Waals surface area (Å²) in [5.74, 6) is 2.26. The van der Waals surface area contributed by atoms with E-state index in [1.165, 1.54) is 11.1 Å². The molecule has 7 atom stereocenters. The average Bonchev–Trinajstić information content (AvgIpc) is 4.09. The van der Waals surface area contributed by atoms with Gasteiger partial charge in [0.15, 0.2) is 0 Å². The quantitative estimate of drug-likeness (QED) is 0.0942. The summed E-state index contributed by atoms with van der Waals surface area (Å²) in [5.41, 5.74) is 3.82. The van der Waals surface area contributed by atoms with Crippen LogP contribution in [0.25, 0.3) is 0 Å². The van der Waals surface area contributed by atoms with Crippen LogP contribution in [0.4, 0.5) is 0 Å². The molecule has 3 fully saturated rings. The van der Waals surface area contributed by atoms with Crippen molar-refractivity contribution >= 4 is 0 Å². The van der Waals surface area contributed by atoms with Gasteiger partial charge in [0, 0.05) is 5.41 Å².